The second-order valence-electron chi connectivity index (χ2n) is 6.09. The number of thioether (sulfide) groups is 1. The number of para-hydroxylation sites is 1. The molecule has 2 aromatic carbocycles. The fourth-order valence-corrected chi connectivity index (χ4v) is 3.36. The van der Waals surface area contributed by atoms with E-state index in [1.165, 1.54) is 10.5 Å². The van der Waals surface area contributed by atoms with Crippen LogP contribution < -0.4 is 10.2 Å². The standard InChI is InChI=1S/C21H20N4S/c1-26-19-11-9-16(10-12-19)15-25-13-5-6-17-14-22-21(24-20(17)25)23-18-7-3-2-4-8-18/h2-12,14H,13,15H2,1H3,(H,22,23,24). The monoisotopic (exact) mass is 360 g/mol. The molecule has 1 N–H and O–H groups in total. The molecule has 0 unspecified atom stereocenters. The normalized spacial score (nSPS) is 12.7. The second kappa shape index (κ2) is 7.62. The Morgan fingerprint density at radius 2 is 1.88 bits per heavy atom. The Balaban J connectivity index is 1.57. The molecule has 0 spiro atoms. The number of benzene rings is 2. The molecule has 1 aromatic heterocycles. The summed E-state index contributed by atoms with van der Waals surface area (Å²) in [5, 5.41) is 3.28. The lowest BCUT2D eigenvalue weighted by molar-refractivity contribution is 0.834. The van der Waals surface area contributed by atoms with Crippen molar-refractivity contribution in [3.8, 4) is 0 Å². The van der Waals surface area contributed by atoms with E-state index in [0.717, 1.165) is 30.2 Å². The number of aromatic nitrogens is 2. The number of fused-ring (bicyclic) bond motifs is 1. The van der Waals surface area contributed by atoms with Crippen molar-refractivity contribution < 1.29 is 0 Å². The first-order chi connectivity index (χ1) is 12.8. The Morgan fingerprint density at radius 3 is 2.65 bits per heavy atom. The van der Waals surface area contributed by atoms with Crippen molar-refractivity contribution in [2.75, 3.05) is 23.0 Å². The lowest BCUT2D eigenvalue weighted by Crippen LogP contribution is -2.27. The van der Waals surface area contributed by atoms with Crippen LogP contribution >= 0.6 is 11.8 Å². The van der Waals surface area contributed by atoms with E-state index in [4.69, 9.17) is 4.98 Å². The van der Waals surface area contributed by atoms with E-state index in [2.05, 4.69) is 57.9 Å². The Bertz CT molecular complexity index is 907. The van der Waals surface area contributed by atoms with Crippen molar-refractivity contribution >= 4 is 35.3 Å². The highest BCUT2D eigenvalue weighted by atomic mass is 32.2. The third-order valence-electron chi connectivity index (χ3n) is 4.28. The van der Waals surface area contributed by atoms with Crippen LogP contribution in [0.1, 0.15) is 11.1 Å². The van der Waals surface area contributed by atoms with Gasteiger partial charge in [-0.25, -0.2) is 4.98 Å². The summed E-state index contributed by atoms with van der Waals surface area (Å²) in [6.45, 7) is 1.67. The molecule has 4 rings (SSSR count). The van der Waals surface area contributed by atoms with E-state index >= 15 is 0 Å². The van der Waals surface area contributed by atoms with Crippen LogP contribution in [-0.2, 0) is 6.54 Å². The van der Waals surface area contributed by atoms with Gasteiger partial charge in [-0.3, -0.25) is 0 Å². The molecule has 0 saturated carbocycles. The van der Waals surface area contributed by atoms with Crippen LogP contribution in [0.25, 0.3) is 6.08 Å². The molecule has 0 aliphatic carbocycles. The van der Waals surface area contributed by atoms with Gasteiger partial charge in [-0.1, -0.05) is 42.5 Å². The molecule has 0 amide bonds. The third kappa shape index (κ3) is 3.73. The van der Waals surface area contributed by atoms with Gasteiger partial charge >= 0.3 is 0 Å². The van der Waals surface area contributed by atoms with Gasteiger partial charge in [-0.15, -0.1) is 11.8 Å². The molecule has 0 radical (unpaired) electrons. The zero-order chi connectivity index (χ0) is 17.8. The highest BCUT2D eigenvalue weighted by molar-refractivity contribution is 7.98. The van der Waals surface area contributed by atoms with Crippen LogP contribution in [0.2, 0.25) is 0 Å². The summed E-state index contributed by atoms with van der Waals surface area (Å²) in [4.78, 5) is 12.8. The predicted molar refractivity (Wildman–Crippen MR) is 110 cm³/mol. The SMILES string of the molecule is CSc1ccc(CN2CC=Cc3cnc(Nc4ccccc4)nc32)cc1. The molecule has 0 fully saturated rings. The molecule has 4 nitrogen and oxygen atoms in total. The Hall–Kier alpha value is -2.79. The first kappa shape index (κ1) is 16.7. The van der Waals surface area contributed by atoms with Gasteiger partial charge in [0.25, 0.3) is 0 Å². The van der Waals surface area contributed by atoms with Gasteiger partial charge in [0, 0.05) is 35.4 Å². The summed E-state index contributed by atoms with van der Waals surface area (Å²) in [5.74, 6) is 1.59. The van der Waals surface area contributed by atoms with Crippen molar-refractivity contribution in [3.05, 3.63) is 78.0 Å². The molecule has 5 heteroatoms. The van der Waals surface area contributed by atoms with Gasteiger partial charge in [0.15, 0.2) is 0 Å². The minimum absolute atomic E-state index is 0.619. The minimum Gasteiger partial charge on any atom is -0.348 e. The van der Waals surface area contributed by atoms with Crippen molar-refractivity contribution in [3.63, 3.8) is 0 Å². The fourth-order valence-electron chi connectivity index (χ4n) is 2.95. The lowest BCUT2D eigenvalue weighted by atomic mass is 10.1. The zero-order valence-corrected chi connectivity index (χ0v) is 15.4. The summed E-state index contributed by atoms with van der Waals surface area (Å²) >= 11 is 1.76. The smallest absolute Gasteiger partial charge is 0.229 e. The Morgan fingerprint density at radius 1 is 1.08 bits per heavy atom. The maximum Gasteiger partial charge on any atom is 0.229 e. The summed E-state index contributed by atoms with van der Waals surface area (Å²) in [6, 6.07) is 18.7. The zero-order valence-electron chi connectivity index (χ0n) is 14.6. The van der Waals surface area contributed by atoms with Gasteiger partial charge < -0.3 is 10.2 Å². The van der Waals surface area contributed by atoms with Crippen LogP contribution in [-0.4, -0.2) is 22.8 Å². The number of anilines is 3. The first-order valence-electron chi connectivity index (χ1n) is 8.55. The number of rotatable bonds is 5. The topological polar surface area (TPSA) is 41.1 Å². The van der Waals surface area contributed by atoms with E-state index in [1.807, 2.05) is 36.5 Å². The van der Waals surface area contributed by atoms with Crippen molar-refractivity contribution in [2.24, 2.45) is 0 Å². The van der Waals surface area contributed by atoms with E-state index < -0.39 is 0 Å². The van der Waals surface area contributed by atoms with Gasteiger partial charge in [0.2, 0.25) is 5.95 Å². The van der Waals surface area contributed by atoms with Crippen LogP contribution in [0.4, 0.5) is 17.5 Å². The van der Waals surface area contributed by atoms with Gasteiger partial charge in [-0.2, -0.15) is 4.98 Å². The van der Waals surface area contributed by atoms with Crippen LogP contribution in [0.15, 0.2) is 71.8 Å². The van der Waals surface area contributed by atoms with Crippen molar-refractivity contribution in [1.82, 2.24) is 9.97 Å². The van der Waals surface area contributed by atoms with Crippen LogP contribution in [0.5, 0.6) is 0 Å². The molecule has 0 atom stereocenters. The molecule has 3 aromatic rings. The predicted octanol–water partition coefficient (Wildman–Crippen LogP) is 4.98. The summed E-state index contributed by atoms with van der Waals surface area (Å²) in [6.07, 6.45) is 8.23. The highest BCUT2D eigenvalue weighted by Gasteiger charge is 2.16. The van der Waals surface area contributed by atoms with E-state index in [9.17, 15) is 0 Å². The summed E-state index contributed by atoms with van der Waals surface area (Å²) in [7, 11) is 0. The number of nitrogens with zero attached hydrogens (tertiary/aromatic N) is 3. The Kier molecular flexibility index (Phi) is 4.88. The minimum atomic E-state index is 0.619. The molecule has 26 heavy (non-hydrogen) atoms. The van der Waals surface area contributed by atoms with E-state index in [-0.39, 0.29) is 0 Å². The molecular formula is C21H20N4S. The van der Waals surface area contributed by atoms with Crippen LogP contribution in [0, 0.1) is 0 Å². The van der Waals surface area contributed by atoms with Crippen LogP contribution in [0.3, 0.4) is 0 Å². The van der Waals surface area contributed by atoms with Crippen molar-refractivity contribution in [1.29, 1.82) is 0 Å². The second-order valence-corrected chi connectivity index (χ2v) is 6.97. The lowest BCUT2D eigenvalue weighted by Gasteiger charge is -2.27. The molecule has 1 aliphatic heterocycles. The molecular weight excluding hydrogens is 340 g/mol. The van der Waals surface area contributed by atoms with Gasteiger partial charge in [0.1, 0.15) is 5.82 Å². The molecule has 0 bridgehead atoms. The maximum atomic E-state index is 4.77. The van der Waals surface area contributed by atoms with E-state index in [1.54, 1.807) is 11.8 Å². The third-order valence-corrected chi connectivity index (χ3v) is 5.02. The number of nitrogens with one attached hydrogen (secondary N) is 1. The van der Waals surface area contributed by atoms with Gasteiger partial charge in [-0.05, 0) is 36.1 Å². The summed E-state index contributed by atoms with van der Waals surface area (Å²) < 4.78 is 0. The largest absolute Gasteiger partial charge is 0.348 e. The fraction of sp³-hybridized carbons (Fsp3) is 0.143. The first-order valence-corrected chi connectivity index (χ1v) is 9.78. The Labute approximate surface area is 158 Å². The maximum absolute atomic E-state index is 4.77. The average Bonchev–Trinajstić information content (AvgIpc) is 2.70. The quantitative estimate of drug-likeness (QED) is 0.650. The molecule has 0 saturated heterocycles. The summed E-state index contributed by atoms with van der Waals surface area (Å²) in [5.41, 5.74) is 3.31. The van der Waals surface area contributed by atoms with E-state index in [0.29, 0.717) is 5.95 Å². The molecule has 130 valence electrons. The van der Waals surface area contributed by atoms with Gasteiger partial charge in [0.05, 0.1) is 0 Å². The average molecular weight is 360 g/mol. The number of hydrogen-bond donors (Lipinski definition) is 1. The van der Waals surface area contributed by atoms with Crippen molar-refractivity contribution in [2.45, 2.75) is 11.4 Å². The molecule has 2 heterocycles. The number of hydrogen-bond acceptors (Lipinski definition) is 5. The molecule has 1 aliphatic rings. The highest BCUT2D eigenvalue weighted by Crippen LogP contribution is 2.27.